The van der Waals surface area contributed by atoms with Gasteiger partial charge in [0.15, 0.2) is 11.7 Å². The molecule has 10 amide bonds. The Hall–Kier alpha value is -7.34. The fourth-order valence-electron chi connectivity index (χ4n) is 9.69. The average molecular weight is 1260 g/mol. The maximum atomic E-state index is 15.5. The lowest BCUT2D eigenvalue weighted by molar-refractivity contribution is -0.140. The van der Waals surface area contributed by atoms with Crippen molar-refractivity contribution in [1.82, 2.24) is 53.2 Å². The van der Waals surface area contributed by atoms with Gasteiger partial charge in [-0.1, -0.05) is 120 Å². The van der Waals surface area contributed by atoms with E-state index in [9.17, 15) is 63.6 Å². The van der Waals surface area contributed by atoms with Crippen molar-refractivity contribution in [2.45, 2.75) is 208 Å². The third-order valence-electron chi connectivity index (χ3n) is 14.8. The molecule has 29 nitrogen and oxygen atoms in total. The molecular formula is C60H102N14O15. The smallest absolute Gasteiger partial charge is 0.245 e. The summed E-state index contributed by atoms with van der Waals surface area (Å²) in [5, 5.41) is 68.7. The van der Waals surface area contributed by atoms with Crippen molar-refractivity contribution in [3.05, 3.63) is 35.9 Å². The van der Waals surface area contributed by atoms with Crippen LogP contribution in [0, 0.1) is 34.5 Å². The van der Waals surface area contributed by atoms with Crippen LogP contribution in [0.15, 0.2) is 35.3 Å². The molecule has 0 aliphatic carbocycles. The summed E-state index contributed by atoms with van der Waals surface area (Å²) in [5.74, 6) is -14.9. The van der Waals surface area contributed by atoms with Crippen LogP contribution in [0.25, 0.3) is 0 Å². The lowest BCUT2D eigenvalue weighted by Gasteiger charge is -2.34. The van der Waals surface area contributed by atoms with E-state index in [0.717, 1.165) is 6.92 Å². The van der Waals surface area contributed by atoms with Crippen molar-refractivity contribution >= 4 is 70.8 Å². The van der Waals surface area contributed by atoms with Crippen LogP contribution in [-0.2, 0) is 52.7 Å². The van der Waals surface area contributed by atoms with Gasteiger partial charge < -0.3 is 90.8 Å². The first-order chi connectivity index (χ1) is 41.3. The zero-order chi connectivity index (χ0) is 67.8. The van der Waals surface area contributed by atoms with Gasteiger partial charge in [0.25, 0.3) is 0 Å². The molecule has 0 radical (unpaired) electrons. The molecule has 0 bridgehead atoms. The lowest BCUT2D eigenvalue weighted by atomic mass is 9.81. The number of hydrogen-bond acceptors (Lipinski definition) is 17. The van der Waals surface area contributed by atoms with Gasteiger partial charge in [0.05, 0.1) is 56.0 Å². The second kappa shape index (κ2) is 36.4. The lowest BCUT2D eigenvalue weighted by Crippen LogP contribution is -2.62. The molecule has 1 aromatic rings. The van der Waals surface area contributed by atoms with E-state index >= 15 is 9.59 Å². The number of amides is 10. The summed E-state index contributed by atoms with van der Waals surface area (Å²) in [5.41, 5.74) is 16.6. The van der Waals surface area contributed by atoms with Crippen molar-refractivity contribution in [2.24, 2.45) is 56.7 Å². The fourth-order valence-corrected chi connectivity index (χ4v) is 9.69. The molecule has 1 aliphatic rings. The summed E-state index contributed by atoms with van der Waals surface area (Å²) in [6.45, 7) is 18.9. The molecule has 0 unspecified atom stereocenters. The van der Waals surface area contributed by atoms with E-state index in [1.165, 1.54) is 26.0 Å². The highest BCUT2D eigenvalue weighted by Crippen LogP contribution is 2.30. The molecule has 1 aromatic carbocycles. The minimum atomic E-state index is -1.93. The summed E-state index contributed by atoms with van der Waals surface area (Å²) in [4.78, 5) is 162. The van der Waals surface area contributed by atoms with Gasteiger partial charge in [-0.2, -0.15) is 0 Å². The number of aliphatic imine (C=N–C) groups is 1. The van der Waals surface area contributed by atoms with Gasteiger partial charge >= 0.3 is 0 Å². The number of nitrogens with zero attached hydrogens (tertiary/aromatic N) is 1. The summed E-state index contributed by atoms with van der Waals surface area (Å²) in [6.07, 6.45) is -3.82. The molecule has 14 atom stereocenters. The van der Waals surface area contributed by atoms with Crippen LogP contribution in [-0.4, -0.2) is 184 Å². The van der Waals surface area contributed by atoms with Crippen LogP contribution < -0.4 is 70.4 Å². The molecular weight excluding hydrogens is 1160 g/mol. The number of carbonyl (C=O) groups is 11. The molecule has 0 aromatic heterocycles. The minimum absolute atomic E-state index is 0.00933. The van der Waals surface area contributed by atoms with Crippen LogP contribution in [0.2, 0.25) is 0 Å². The van der Waals surface area contributed by atoms with E-state index in [1.807, 2.05) is 41.5 Å². The SMILES string of the molecule is CC[C@H](C)[C@@H]1NC(=O)[C@@H](CCCN=C(N)N)NC(=O)[C@H](CC(C)C)NC(=O)[C@H]([C@H](O)C(C)C)NC(=O)[C@@H](CC(=O)[C@H](CC(C)(C)C)NC(=O)[C@H](N)CC(C)(C)C)[C@@H](c2ccccc2)NC(=O)[C@H](CO)NC(=O)[C@H](CO)NC(=O)CNC(=O)[C@H]([C@H](C)O)NC1=O. The molecule has 1 saturated heterocycles. The highest BCUT2D eigenvalue weighted by atomic mass is 16.3. The Balaban J connectivity index is 3.09. The van der Waals surface area contributed by atoms with Gasteiger partial charge in [0.1, 0.15) is 42.3 Å². The highest BCUT2D eigenvalue weighted by molar-refractivity contribution is 5.99. The second-order valence-corrected chi connectivity index (χ2v) is 26.2. The predicted octanol–water partition coefficient (Wildman–Crippen LogP) is -2.84. The zero-order valence-corrected chi connectivity index (χ0v) is 53.9. The molecule has 502 valence electrons. The van der Waals surface area contributed by atoms with Gasteiger partial charge in [-0.3, -0.25) is 57.7 Å². The number of carbonyl (C=O) groups excluding carboxylic acids is 11. The van der Waals surface area contributed by atoms with Gasteiger partial charge in [-0.25, -0.2) is 0 Å². The number of Topliss-reactive ketones (excluding diaryl/α,β-unsaturated/α-hetero) is 1. The Morgan fingerprint density at radius 3 is 1.67 bits per heavy atom. The van der Waals surface area contributed by atoms with Crippen LogP contribution in [0.4, 0.5) is 0 Å². The summed E-state index contributed by atoms with van der Waals surface area (Å²) in [6, 6.07) is -8.18. The van der Waals surface area contributed by atoms with Crippen LogP contribution in [0.5, 0.6) is 0 Å². The molecule has 89 heavy (non-hydrogen) atoms. The normalized spacial score (nSPS) is 24.9. The Morgan fingerprint density at radius 1 is 0.640 bits per heavy atom. The fraction of sp³-hybridized carbons (Fsp3) is 0.700. The van der Waals surface area contributed by atoms with Crippen molar-refractivity contribution in [3.8, 4) is 0 Å². The summed E-state index contributed by atoms with van der Waals surface area (Å²) in [7, 11) is 0. The van der Waals surface area contributed by atoms with E-state index in [4.69, 9.17) is 17.2 Å². The van der Waals surface area contributed by atoms with Gasteiger partial charge in [-0.05, 0) is 73.2 Å². The number of aliphatic hydroxyl groups excluding tert-OH is 4. The summed E-state index contributed by atoms with van der Waals surface area (Å²) < 4.78 is 0. The Kier molecular flexibility index (Phi) is 31.8. The number of benzene rings is 1. The number of ketones is 1. The highest BCUT2D eigenvalue weighted by Gasteiger charge is 2.43. The second-order valence-electron chi connectivity index (χ2n) is 26.2. The van der Waals surface area contributed by atoms with Crippen molar-refractivity contribution in [2.75, 3.05) is 26.3 Å². The number of guanidine groups is 1. The first-order valence-corrected chi connectivity index (χ1v) is 30.3. The minimum Gasteiger partial charge on any atom is -0.394 e. The number of nitrogens with two attached hydrogens (primary N) is 3. The van der Waals surface area contributed by atoms with Crippen molar-refractivity contribution in [3.63, 3.8) is 0 Å². The number of rotatable bonds is 21. The Labute approximate surface area is 521 Å². The molecule has 1 heterocycles. The van der Waals surface area contributed by atoms with Crippen LogP contribution in [0.3, 0.4) is 0 Å². The van der Waals surface area contributed by atoms with E-state index in [1.54, 1.807) is 45.9 Å². The Bertz CT molecular complexity index is 2590. The topological polar surface area (TPSA) is 479 Å². The van der Waals surface area contributed by atoms with Gasteiger partial charge in [-0.15, -0.1) is 0 Å². The first-order valence-electron chi connectivity index (χ1n) is 30.3. The maximum absolute atomic E-state index is 15.5. The molecule has 29 heteroatoms. The van der Waals surface area contributed by atoms with E-state index in [0.29, 0.717) is 0 Å². The van der Waals surface area contributed by atoms with E-state index in [2.05, 4.69) is 58.2 Å². The van der Waals surface area contributed by atoms with Crippen molar-refractivity contribution < 1.29 is 73.2 Å². The van der Waals surface area contributed by atoms with Crippen LogP contribution in [0.1, 0.15) is 147 Å². The van der Waals surface area contributed by atoms with E-state index in [-0.39, 0.29) is 62.5 Å². The molecule has 0 spiro atoms. The monoisotopic (exact) mass is 1260 g/mol. The molecule has 1 fully saturated rings. The Morgan fingerprint density at radius 2 is 1.15 bits per heavy atom. The number of nitrogens with one attached hydrogen (secondary N) is 10. The average Bonchev–Trinajstić information content (AvgIpc) is 1.77. The van der Waals surface area contributed by atoms with Gasteiger partial charge in [0, 0.05) is 13.0 Å². The third kappa shape index (κ3) is 26.7. The largest absolute Gasteiger partial charge is 0.394 e. The third-order valence-corrected chi connectivity index (χ3v) is 14.8. The zero-order valence-electron chi connectivity index (χ0n) is 53.9. The van der Waals surface area contributed by atoms with Crippen LogP contribution >= 0.6 is 0 Å². The molecule has 1 aliphatic heterocycles. The molecule has 20 N–H and O–H groups in total. The molecule has 2 rings (SSSR count). The van der Waals surface area contributed by atoms with Crippen molar-refractivity contribution in [1.29, 1.82) is 0 Å². The summed E-state index contributed by atoms with van der Waals surface area (Å²) >= 11 is 0. The van der Waals surface area contributed by atoms with E-state index < -0.39 is 192 Å². The maximum Gasteiger partial charge on any atom is 0.245 e. The predicted molar refractivity (Wildman–Crippen MR) is 331 cm³/mol. The first kappa shape index (κ1) is 77.8. The standard InChI is InChI=1S/C60H102N14O15/c1-14-32(6)44-56(88)72-45(33(7)77)55(87)65-27-43(79)66-40(28-75)53(85)70-41(29-76)54(86)73-46(34-19-16-15-17-20-34)35(24-42(78)39(26-60(11,12)13)69-50(82)36(61)25-59(8,9)10)49(81)74-47(48(80)31(4)5)57(89)68-38(23-30(2)3)52(84)67-37(51(83)71-44)21-18-22-64-58(62)63/h15-17,19-20,30-33,35-41,44-48,75-77,80H,14,18,21-29,61H2,1-13H3,(H,65,87)(H,66,79)(H,67,84)(H,68,89)(H,69,82)(H,70,85)(H,71,83)(H,72,88)(H,73,86)(H,74,81)(H4,62,63,64)/t32-,33-,35-,36+,37+,38-,39-,40-,41-,44-,45-,46+,47-,48+/m0/s1. The quantitative estimate of drug-likeness (QED) is 0.0335. The number of aliphatic hydroxyl groups is 4. The molecule has 0 saturated carbocycles. The van der Waals surface area contributed by atoms with Gasteiger partial charge in [0.2, 0.25) is 59.1 Å². The number of hydrogen-bond donors (Lipinski definition) is 17.